The Labute approximate surface area is 132 Å². The zero-order chi connectivity index (χ0) is 15.9. The van der Waals surface area contributed by atoms with Crippen LogP contribution < -0.4 is 5.32 Å². The Bertz CT molecular complexity index is 484. The largest absolute Gasteiger partial charge is 0.342 e. The molecule has 122 valence electrons. The molecule has 1 aromatic rings. The fraction of sp³-hybridized carbons (Fsp3) is 0.611. The fourth-order valence-corrected chi connectivity index (χ4v) is 3.16. The van der Waals surface area contributed by atoms with Crippen molar-refractivity contribution in [2.45, 2.75) is 32.6 Å². The van der Waals surface area contributed by atoms with Gasteiger partial charge in [-0.15, -0.1) is 0 Å². The van der Waals surface area contributed by atoms with E-state index in [1.165, 1.54) is 6.07 Å². The minimum absolute atomic E-state index is 0.00381. The Morgan fingerprint density at radius 1 is 1.41 bits per heavy atom. The molecule has 3 nitrogen and oxygen atoms in total. The molecule has 1 aliphatic heterocycles. The highest BCUT2D eigenvalue weighted by Crippen LogP contribution is 2.20. The lowest BCUT2D eigenvalue weighted by atomic mass is 9.94. The molecule has 4 heteroatoms. The van der Waals surface area contributed by atoms with Crippen LogP contribution in [-0.4, -0.2) is 37.5 Å². The lowest BCUT2D eigenvalue weighted by Crippen LogP contribution is -2.42. The lowest BCUT2D eigenvalue weighted by Gasteiger charge is -2.33. The van der Waals surface area contributed by atoms with E-state index in [-0.39, 0.29) is 17.6 Å². The number of aryl methyl sites for hydroxylation is 1. The molecule has 0 spiro atoms. The van der Waals surface area contributed by atoms with Crippen LogP contribution in [0.5, 0.6) is 0 Å². The predicted octanol–water partition coefficient (Wildman–Crippen LogP) is 2.85. The van der Waals surface area contributed by atoms with Crippen molar-refractivity contribution in [2.24, 2.45) is 11.8 Å². The number of piperidine rings is 1. The van der Waals surface area contributed by atoms with Gasteiger partial charge in [-0.25, -0.2) is 4.39 Å². The topological polar surface area (TPSA) is 32.3 Å². The van der Waals surface area contributed by atoms with Crippen LogP contribution in [0.3, 0.4) is 0 Å². The molecule has 1 heterocycles. The number of likely N-dealkylation sites (tertiary alicyclic amines) is 1. The highest BCUT2D eigenvalue weighted by atomic mass is 19.1. The van der Waals surface area contributed by atoms with Crippen molar-refractivity contribution in [3.63, 3.8) is 0 Å². The Morgan fingerprint density at radius 2 is 2.14 bits per heavy atom. The molecular weight excluding hydrogens is 279 g/mol. The van der Waals surface area contributed by atoms with Gasteiger partial charge in [0.25, 0.3) is 0 Å². The number of carbonyl (C=O) groups is 1. The molecule has 1 fully saturated rings. The van der Waals surface area contributed by atoms with Crippen LogP contribution in [0.15, 0.2) is 24.3 Å². The molecule has 1 aliphatic rings. The van der Waals surface area contributed by atoms with Crippen LogP contribution in [0.4, 0.5) is 4.39 Å². The maximum Gasteiger partial charge on any atom is 0.225 e. The van der Waals surface area contributed by atoms with Crippen molar-refractivity contribution < 1.29 is 9.18 Å². The average Bonchev–Trinajstić information content (AvgIpc) is 2.53. The Morgan fingerprint density at radius 3 is 2.77 bits per heavy atom. The molecule has 0 aromatic heterocycles. The van der Waals surface area contributed by atoms with Gasteiger partial charge in [0, 0.05) is 19.0 Å². The maximum absolute atomic E-state index is 13.2. The van der Waals surface area contributed by atoms with Gasteiger partial charge >= 0.3 is 0 Å². The first-order valence-electron chi connectivity index (χ1n) is 8.28. The van der Waals surface area contributed by atoms with Crippen LogP contribution in [0, 0.1) is 17.7 Å². The molecule has 0 saturated carbocycles. The van der Waals surface area contributed by atoms with E-state index in [4.69, 9.17) is 0 Å². The third-order valence-electron chi connectivity index (χ3n) is 4.60. The molecule has 1 N–H and O–H groups in total. The zero-order valence-electron chi connectivity index (χ0n) is 13.6. The monoisotopic (exact) mass is 306 g/mol. The van der Waals surface area contributed by atoms with Crippen LogP contribution in [-0.2, 0) is 11.2 Å². The van der Waals surface area contributed by atoms with Crippen LogP contribution in [0.2, 0.25) is 0 Å². The van der Waals surface area contributed by atoms with Crippen molar-refractivity contribution in [2.75, 3.05) is 26.7 Å². The minimum atomic E-state index is -0.205. The molecule has 22 heavy (non-hydrogen) atoms. The van der Waals surface area contributed by atoms with Crippen molar-refractivity contribution in [3.8, 4) is 0 Å². The number of benzene rings is 1. The van der Waals surface area contributed by atoms with Gasteiger partial charge in [-0.2, -0.15) is 0 Å². The highest BCUT2D eigenvalue weighted by molar-refractivity contribution is 5.78. The van der Waals surface area contributed by atoms with Gasteiger partial charge in [0.1, 0.15) is 5.82 Å². The van der Waals surface area contributed by atoms with Gasteiger partial charge in [-0.1, -0.05) is 19.1 Å². The zero-order valence-corrected chi connectivity index (χ0v) is 13.6. The summed E-state index contributed by atoms with van der Waals surface area (Å²) in [6.07, 6.45) is 3.70. The first-order chi connectivity index (χ1) is 10.6. The summed E-state index contributed by atoms with van der Waals surface area (Å²) in [5.74, 6) is 0.739. The number of nitrogens with one attached hydrogen (secondary N) is 1. The summed E-state index contributed by atoms with van der Waals surface area (Å²) in [7, 11) is 1.98. The summed E-state index contributed by atoms with van der Waals surface area (Å²) in [6.45, 7) is 4.77. The van der Waals surface area contributed by atoms with E-state index in [0.717, 1.165) is 50.9 Å². The van der Waals surface area contributed by atoms with E-state index in [1.807, 2.05) is 24.9 Å². The van der Waals surface area contributed by atoms with E-state index >= 15 is 0 Å². The average molecular weight is 306 g/mol. The summed E-state index contributed by atoms with van der Waals surface area (Å²) in [4.78, 5) is 14.5. The number of halogens is 1. The number of amides is 1. The first-order valence-corrected chi connectivity index (χ1v) is 8.28. The van der Waals surface area contributed by atoms with Gasteiger partial charge < -0.3 is 10.2 Å². The van der Waals surface area contributed by atoms with Crippen molar-refractivity contribution in [1.29, 1.82) is 0 Å². The third-order valence-corrected chi connectivity index (χ3v) is 4.60. The van der Waals surface area contributed by atoms with Crippen molar-refractivity contribution in [3.05, 3.63) is 35.6 Å². The molecule has 0 aliphatic carbocycles. The van der Waals surface area contributed by atoms with Gasteiger partial charge in [-0.3, -0.25) is 4.79 Å². The standard InChI is InChI=1S/C18H27FN2O/c1-14(6-7-15-4-3-5-17(19)12-15)18(22)21-10-8-16(9-11-21)13-20-2/h3-5,12,14,16,20H,6-11,13H2,1-2H3. The molecule has 1 unspecified atom stereocenters. The number of carbonyl (C=O) groups excluding carboxylic acids is 1. The molecule has 1 saturated heterocycles. The second kappa shape index (κ2) is 8.28. The van der Waals surface area contributed by atoms with E-state index in [9.17, 15) is 9.18 Å². The third kappa shape index (κ3) is 4.80. The molecule has 1 aromatic carbocycles. The van der Waals surface area contributed by atoms with Gasteiger partial charge in [0.15, 0.2) is 0 Å². The van der Waals surface area contributed by atoms with Crippen LogP contribution in [0.1, 0.15) is 31.7 Å². The van der Waals surface area contributed by atoms with Crippen molar-refractivity contribution >= 4 is 5.91 Å². The summed E-state index contributed by atoms with van der Waals surface area (Å²) in [6, 6.07) is 6.65. The second-order valence-corrected chi connectivity index (χ2v) is 6.40. The number of hydrogen-bond donors (Lipinski definition) is 1. The lowest BCUT2D eigenvalue weighted by molar-refractivity contribution is -0.136. The highest BCUT2D eigenvalue weighted by Gasteiger charge is 2.25. The van der Waals surface area contributed by atoms with E-state index in [0.29, 0.717) is 5.92 Å². The van der Waals surface area contributed by atoms with Crippen LogP contribution >= 0.6 is 0 Å². The normalized spacial score (nSPS) is 17.5. The SMILES string of the molecule is CNCC1CCN(C(=O)C(C)CCc2cccc(F)c2)CC1. The van der Waals surface area contributed by atoms with E-state index in [1.54, 1.807) is 12.1 Å². The number of hydrogen-bond acceptors (Lipinski definition) is 2. The van der Waals surface area contributed by atoms with Crippen LogP contribution in [0.25, 0.3) is 0 Å². The summed E-state index contributed by atoms with van der Waals surface area (Å²) in [5.41, 5.74) is 0.965. The quantitative estimate of drug-likeness (QED) is 0.876. The Balaban J connectivity index is 1.77. The van der Waals surface area contributed by atoms with E-state index in [2.05, 4.69) is 5.32 Å². The maximum atomic E-state index is 13.2. The molecule has 0 bridgehead atoms. The van der Waals surface area contributed by atoms with Crippen molar-refractivity contribution in [1.82, 2.24) is 10.2 Å². The van der Waals surface area contributed by atoms with Gasteiger partial charge in [0.05, 0.1) is 0 Å². The first kappa shape index (κ1) is 16.9. The van der Waals surface area contributed by atoms with Gasteiger partial charge in [0.2, 0.25) is 5.91 Å². The summed E-state index contributed by atoms with van der Waals surface area (Å²) in [5, 5.41) is 3.21. The number of nitrogens with zero attached hydrogens (tertiary/aromatic N) is 1. The number of rotatable bonds is 6. The smallest absolute Gasteiger partial charge is 0.225 e. The predicted molar refractivity (Wildman–Crippen MR) is 87.1 cm³/mol. The molecular formula is C18H27FN2O. The van der Waals surface area contributed by atoms with E-state index < -0.39 is 0 Å². The molecule has 1 atom stereocenters. The molecule has 1 amide bonds. The minimum Gasteiger partial charge on any atom is -0.342 e. The Kier molecular flexibility index (Phi) is 6.37. The van der Waals surface area contributed by atoms with Gasteiger partial charge in [-0.05, 0) is 62.9 Å². The fourth-order valence-electron chi connectivity index (χ4n) is 3.16. The summed E-state index contributed by atoms with van der Waals surface area (Å²) < 4.78 is 13.2. The Hall–Kier alpha value is -1.42. The molecule has 0 radical (unpaired) electrons. The molecule has 2 rings (SSSR count). The second-order valence-electron chi connectivity index (χ2n) is 6.40. The summed E-state index contributed by atoms with van der Waals surface area (Å²) >= 11 is 0.